The molecule has 2 nitrogen and oxygen atoms in total. The van der Waals surface area contributed by atoms with Gasteiger partial charge in [0.05, 0.1) is 0 Å². The first kappa shape index (κ1) is 14.3. The molecular formula is C16H32N2. The average molecular weight is 252 g/mol. The molecule has 2 aliphatic rings. The Kier molecular flexibility index (Phi) is 4.71. The van der Waals surface area contributed by atoms with Crippen LogP contribution in [-0.4, -0.2) is 47.6 Å². The third-order valence-corrected chi connectivity index (χ3v) is 5.05. The topological polar surface area (TPSA) is 6.48 Å². The van der Waals surface area contributed by atoms with Crippen LogP contribution in [0.15, 0.2) is 0 Å². The molecule has 18 heavy (non-hydrogen) atoms. The first-order valence-electron chi connectivity index (χ1n) is 7.98. The van der Waals surface area contributed by atoms with Crippen LogP contribution in [-0.2, 0) is 0 Å². The number of rotatable bonds is 4. The highest BCUT2D eigenvalue weighted by Gasteiger charge is 2.33. The molecule has 1 unspecified atom stereocenters. The molecule has 0 aromatic heterocycles. The molecule has 0 radical (unpaired) electrons. The quantitative estimate of drug-likeness (QED) is 0.757. The molecule has 2 saturated heterocycles. The standard InChI is InChI=1S/C16H32N2/c1-14(2)17-11-8-15(13-17)12-16(3,4)18-9-6-5-7-10-18/h14-15H,5-13H2,1-4H3. The Bertz CT molecular complexity index is 254. The van der Waals surface area contributed by atoms with Gasteiger partial charge >= 0.3 is 0 Å². The summed E-state index contributed by atoms with van der Waals surface area (Å²) in [6, 6.07) is 0.730. The highest BCUT2D eigenvalue weighted by atomic mass is 15.2. The van der Waals surface area contributed by atoms with Crippen LogP contribution >= 0.6 is 0 Å². The van der Waals surface area contributed by atoms with Gasteiger partial charge in [-0.15, -0.1) is 0 Å². The molecule has 2 rings (SSSR count). The minimum Gasteiger partial charge on any atom is -0.301 e. The van der Waals surface area contributed by atoms with Crippen LogP contribution in [0.4, 0.5) is 0 Å². The second-order valence-corrected chi connectivity index (χ2v) is 7.31. The third kappa shape index (κ3) is 3.48. The van der Waals surface area contributed by atoms with Gasteiger partial charge in [-0.1, -0.05) is 6.42 Å². The summed E-state index contributed by atoms with van der Waals surface area (Å²) in [4.78, 5) is 5.39. The van der Waals surface area contributed by atoms with E-state index in [1.807, 2.05) is 0 Å². The zero-order chi connectivity index (χ0) is 13.2. The van der Waals surface area contributed by atoms with E-state index in [4.69, 9.17) is 0 Å². The van der Waals surface area contributed by atoms with Crippen LogP contribution in [0.5, 0.6) is 0 Å². The highest BCUT2D eigenvalue weighted by Crippen LogP contribution is 2.31. The maximum atomic E-state index is 2.74. The Balaban J connectivity index is 1.84. The Morgan fingerprint density at radius 1 is 1.06 bits per heavy atom. The lowest BCUT2D eigenvalue weighted by atomic mass is 9.87. The summed E-state index contributed by atoms with van der Waals surface area (Å²) in [5.41, 5.74) is 0.415. The Labute approximate surface area is 114 Å². The molecule has 0 spiro atoms. The number of likely N-dealkylation sites (tertiary alicyclic amines) is 2. The van der Waals surface area contributed by atoms with Crippen molar-refractivity contribution in [2.24, 2.45) is 5.92 Å². The summed E-state index contributed by atoms with van der Waals surface area (Å²) in [7, 11) is 0. The monoisotopic (exact) mass is 252 g/mol. The van der Waals surface area contributed by atoms with Gasteiger partial charge in [0.1, 0.15) is 0 Å². The van der Waals surface area contributed by atoms with Gasteiger partial charge in [-0.05, 0) is 78.9 Å². The molecular weight excluding hydrogens is 220 g/mol. The van der Waals surface area contributed by atoms with Gasteiger partial charge < -0.3 is 4.90 Å². The van der Waals surface area contributed by atoms with Crippen LogP contribution in [0, 0.1) is 5.92 Å². The predicted octanol–water partition coefficient (Wildman–Crippen LogP) is 3.37. The lowest BCUT2D eigenvalue weighted by Crippen LogP contribution is -2.48. The van der Waals surface area contributed by atoms with Crippen LogP contribution in [0.2, 0.25) is 0 Å². The molecule has 1 atom stereocenters. The van der Waals surface area contributed by atoms with Gasteiger partial charge in [-0.25, -0.2) is 0 Å². The smallest absolute Gasteiger partial charge is 0.0156 e. The normalized spacial score (nSPS) is 28.2. The summed E-state index contributed by atoms with van der Waals surface area (Å²) in [5.74, 6) is 0.921. The Hall–Kier alpha value is -0.0800. The molecule has 2 heterocycles. The lowest BCUT2D eigenvalue weighted by molar-refractivity contribution is 0.0732. The van der Waals surface area contributed by atoms with Gasteiger partial charge in [0, 0.05) is 18.1 Å². The van der Waals surface area contributed by atoms with Crippen molar-refractivity contribution < 1.29 is 0 Å². The largest absolute Gasteiger partial charge is 0.301 e. The second-order valence-electron chi connectivity index (χ2n) is 7.31. The zero-order valence-electron chi connectivity index (χ0n) is 12.9. The minimum absolute atomic E-state index is 0.415. The van der Waals surface area contributed by atoms with Crippen molar-refractivity contribution in [3.8, 4) is 0 Å². The van der Waals surface area contributed by atoms with Crippen LogP contribution in [0.1, 0.15) is 59.8 Å². The zero-order valence-corrected chi connectivity index (χ0v) is 12.9. The first-order valence-corrected chi connectivity index (χ1v) is 7.98. The number of piperidine rings is 1. The predicted molar refractivity (Wildman–Crippen MR) is 78.9 cm³/mol. The van der Waals surface area contributed by atoms with E-state index in [2.05, 4.69) is 37.5 Å². The molecule has 106 valence electrons. The SMILES string of the molecule is CC(C)N1CCC(CC(C)(C)N2CCCCC2)C1. The van der Waals surface area contributed by atoms with Crippen molar-refractivity contribution in [2.75, 3.05) is 26.2 Å². The summed E-state index contributed by atoms with van der Waals surface area (Å²) in [6.45, 7) is 14.9. The van der Waals surface area contributed by atoms with Gasteiger partial charge in [0.25, 0.3) is 0 Å². The van der Waals surface area contributed by atoms with Gasteiger partial charge in [-0.3, -0.25) is 4.90 Å². The van der Waals surface area contributed by atoms with Gasteiger partial charge in [-0.2, -0.15) is 0 Å². The lowest BCUT2D eigenvalue weighted by Gasteiger charge is -2.42. The number of hydrogen-bond donors (Lipinski definition) is 0. The molecule has 0 aromatic carbocycles. The fraction of sp³-hybridized carbons (Fsp3) is 1.00. The molecule has 0 amide bonds. The molecule has 2 aliphatic heterocycles. The number of nitrogens with zero attached hydrogens (tertiary/aromatic N) is 2. The Morgan fingerprint density at radius 3 is 2.28 bits per heavy atom. The molecule has 0 N–H and O–H groups in total. The van der Waals surface area contributed by atoms with E-state index in [0.717, 1.165) is 12.0 Å². The summed E-state index contributed by atoms with van der Waals surface area (Å²) >= 11 is 0. The van der Waals surface area contributed by atoms with Crippen LogP contribution in [0.25, 0.3) is 0 Å². The highest BCUT2D eigenvalue weighted by molar-refractivity contribution is 4.89. The van der Waals surface area contributed by atoms with Crippen molar-refractivity contribution in [3.63, 3.8) is 0 Å². The van der Waals surface area contributed by atoms with E-state index >= 15 is 0 Å². The molecule has 2 fully saturated rings. The summed E-state index contributed by atoms with van der Waals surface area (Å²) in [6.07, 6.45) is 7.06. The van der Waals surface area contributed by atoms with Crippen LogP contribution in [0.3, 0.4) is 0 Å². The average Bonchev–Trinajstić information content (AvgIpc) is 2.78. The Morgan fingerprint density at radius 2 is 1.72 bits per heavy atom. The minimum atomic E-state index is 0.415. The number of hydrogen-bond acceptors (Lipinski definition) is 2. The van der Waals surface area contributed by atoms with Crippen molar-refractivity contribution in [1.82, 2.24) is 9.80 Å². The molecule has 0 aliphatic carbocycles. The molecule has 0 saturated carbocycles. The van der Waals surface area contributed by atoms with E-state index < -0.39 is 0 Å². The first-order chi connectivity index (χ1) is 8.49. The van der Waals surface area contributed by atoms with Crippen molar-refractivity contribution in [2.45, 2.75) is 71.4 Å². The van der Waals surface area contributed by atoms with E-state index in [-0.39, 0.29) is 0 Å². The van der Waals surface area contributed by atoms with E-state index in [1.165, 1.54) is 58.3 Å². The van der Waals surface area contributed by atoms with Crippen molar-refractivity contribution >= 4 is 0 Å². The summed E-state index contributed by atoms with van der Waals surface area (Å²) in [5, 5.41) is 0. The molecule has 0 bridgehead atoms. The molecule has 2 heteroatoms. The fourth-order valence-electron chi connectivity index (χ4n) is 3.83. The van der Waals surface area contributed by atoms with Gasteiger partial charge in [0.15, 0.2) is 0 Å². The van der Waals surface area contributed by atoms with E-state index in [9.17, 15) is 0 Å². The van der Waals surface area contributed by atoms with Crippen molar-refractivity contribution in [1.29, 1.82) is 0 Å². The van der Waals surface area contributed by atoms with Gasteiger partial charge in [0.2, 0.25) is 0 Å². The maximum Gasteiger partial charge on any atom is 0.0156 e. The summed E-state index contributed by atoms with van der Waals surface area (Å²) < 4.78 is 0. The van der Waals surface area contributed by atoms with Crippen molar-refractivity contribution in [3.05, 3.63) is 0 Å². The van der Waals surface area contributed by atoms with Crippen LogP contribution < -0.4 is 0 Å². The maximum absolute atomic E-state index is 2.74. The van der Waals surface area contributed by atoms with E-state index in [0.29, 0.717) is 5.54 Å². The third-order valence-electron chi connectivity index (χ3n) is 5.05. The second kappa shape index (κ2) is 5.92. The fourth-order valence-corrected chi connectivity index (χ4v) is 3.83. The molecule has 0 aromatic rings. The van der Waals surface area contributed by atoms with E-state index in [1.54, 1.807) is 0 Å².